The molecule has 5 heteroatoms. The highest BCUT2D eigenvalue weighted by molar-refractivity contribution is 5.98. The minimum absolute atomic E-state index is 0.122. The molecule has 0 saturated carbocycles. The Bertz CT molecular complexity index is 478. The third-order valence-electron chi connectivity index (χ3n) is 2.27. The maximum atomic E-state index is 12.2. The Hall–Kier alpha value is -2.04. The lowest BCUT2D eigenvalue weighted by molar-refractivity contribution is -0.118. The molecule has 104 valence electrons. The van der Waals surface area contributed by atoms with Crippen LogP contribution in [-0.4, -0.2) is 35.9 Å². The van der Waals surface area contributed by atoms with Crippen molar-refractivity contribution < 1.29 is 14.3 Å². The molecule has 0 unspecified atom stereocenters. The summed E-state index contributed by atoms with van der Waals surface area (Å²) in [5.41, 5.74) is 5.10. The number of benzene rings is 1. The lowest BCUT2D eigenvalue weighted by Crippen LogP contribution is -2.36. The van der Waals surface area contributed by atoms with E-state index in [-0.39, 0.29) is 12.5 Å². The monoisotopic (exact) mass is 264 g/mol. The first kappa shape index (κ1) is 15.0. The Morgan fingerprint density at radius 1 is 1.26 bits per heavy atom. The van der Waals surface area contributed by atoms with Crippen LogP contribution in [0.1, 0.15) is 31.1 Å². The Labute approximate surface area is 113 Å². The molecular formula is C14H20N2O3. The van der Waals surface area contributed by atoms with Crippen molar-refractivity contribution in [2.75, 3.05) is 13.6 Å². The summed E-state index contributed by atoms with van der Waals surface area (Å²) in [7, 11) is 1.53. The Morgan fingerprint density at radius 3 is 2.37 bits per heavy atom. The fourth-order valence-electron chi connectivity index (χ4n) is 1.57. The van der Waals surface area contributed by atoms with Crippen LogP contribution in [0.3, 0.4) is 0 Å². The van der Waals surface area contributed by atoms with Crippen LogP contribution in [0.4, 0.5) is 0 Å². The number of ether oxygens (including phenoxy) is 1. The van der Waals surface area contributed by atoms with E-state index in [2.05, 4.69) is 0 Å². The molecule has 0 heterocycles. The molecule has 1 aromatic rings. The van der Waals surface area contributed by atoms with E-state index in [1.807, 2.05) is 20.8 Å². The molecule has 0 saturated heterocycles. The third-order valence-corrected chi connectivity index (χ3v) is 2.27. The molecule has 5 nitrogen and oxygen atoms in total. The van der Waals surface area contributed by atoms with Gasteiger partial charge in [0.2, 0.25) is 5.91 Å². The predicted octanol–water partition coefficient (Wildman–Crippen LogP) is 1.42. The number of para-hydroxylation sites is 1. The molecule has 1 aromatic carbocycles. The Balaban J connectivity index is 3.00. The number of carbonyl (C=O) groups is 2. The van der Waals surface area contributed by atoms with E-state index in [9.17, 15) is 9.59 Å². The van der Waals surface area contributed by atoms with Crippen LogP contribution in [-0.2, 0) is 4.79 Å². The standard InChI is InChI=1S/C14H20N2O3/c1-14(2,3)19-11-8-6-5-7-10(11)13(18)16(4)9-12(15)17/h5-8H,9H2,1-4H3,(H2,15,17). The summed E-state index contributed by atoms with van der Waals surface area (Å²) in [5, 5.41) is 0. The first-order valence-electron chi connectivity index (χ1n) is 6.02. The summed E-state index contributed by atoms with van der Waals surface area (Å²) in [5.74, 6) is -0.347. The van der Waals surface area contributed by atoms with Gasteiger partial charge < -0.3 is 15.4 Å². The molecule has 19 heavy (non-hydrogen) atoms. The second-order valence-corrected chi connectivity index (χ2v) is 5.34. The third kappa shape index (κ3) is 4.62. The zero-order valence-electron chi connectivity index (χ0n) is 11.8. The molecule has 2 amide bonds. The van der Waals surface area contributed by atoms with Crippen LogP contribution in [0.2, 0.25) is 0 Å². The second kappa shape index (κ2) is 5.73. The van der Waals surface area contributed by atoms with Gasteiger partial charge in [0.15, 0.2) is 0 Å². The summed E-state index contributed by atoms with van der Waals surface area (Å²) in [4.78, 5) is 24.4. The van der Waals surface area contributed by atoms with Gasteiger partial charge in [0, 0.05) is 7.05 Å². The predicted molar refractivity (Wildman–Crippen MR) is 73.0 cm³/mol. The molecule has 0 fully saturated rings. The quantitative estimate of drug-likeness (QED) is 0.894. The average molecular weight is 264 g/mol. The largest absolute Gasteiger partial charge is 0.487 e. The van der Waals surface area contributed by atoms with Crippen molar-refractivity contribution in [3.63, 3.8) is 0 Å². The van der Waals surface area contributed by atoms with Crippen LogP contribution in [0.5, 0.6) is 5.75 Å². The minimum atomic E-state index is -0.551. The number of likely N-dealkylation sites (N-methyl/N-ethyl adjacent to an activating group) is 1. The number of nitrogens with two attached hydrogens (primary N) is 1. The van der Waals surface area contributed by atoms with E-state index in [4.69, 9.17) is 10.5 Å². The van der Waals surface area contributed by atoms with Crippen LogP contribution in [0.25, 0.3) is 0 Å². The van der Waals surface area contributed by atoms with Gasteiger partial charge in [-0.1, -0.05) is 12.1 Å². The first-order valence-corrected chi connectivity index (χ1v) is 6.02. The average Bonchev–Trinajstić information content (AvgIpc) is 2.25. The highest BCUT2D eigenvalue weighted by Gasteiger charge is 2.20. The summed E-state index contributed by atoms with van der Waals surface area (Å²) in [6.07, 6.45) is 0. The van der Waals surface area contributed by atoms with Crippen molar-refractivity contribution in [1.29, 1.82) is 0 Å². The topological polar surface area (TPSA) is 72.6 Å². The molecule has 0 aliphatic heterocycles. The van der Waals surface area contributed by atoms with Gasteiger partial charge in [0.1, 0.15) is 11.4 Å². The number of primary amides is 1. The normalized spacial score (nSPS) is 10.9. The van der Waals surface area contributed by atoms with E-state index in [0.717, 1.165) is 0 Å². The Kier molecular flexibility index (Phi) is 4.53. The number of amides is 2. The lowest BCUT2D eigenvalue weighted by Gasteiger charge is -2.24. The smallest absolute Gasteiger partial charge is 0.257 e. The molecule has 0 spiro atoms. The number of nitrogens with zero attached hydrogens (tertiary/aromatic N) is 1. The van der Waals surface area contributed by atoms with Gasteiger partial charge in [-0.2, -0.15) is 0 Å². The molecule has 0 bridgehead atoms. The van der Waals surface area contributed by atoms with Crippen molar-refractivity contribution in [2.45, 2.75) is 26.4 Å². The second-order valence-electron chi connectivity index (χ2n) is 5.34. The molecular weight excluding hydrogens is 244 g/mol. The molecule has 1 rings (SSSR count). The van der Waals surface area contributed by atoms with E-state index in [0.29, 0.717) is 11.3 Å². The fourth-order valence-corrected chi connectivity index (χ4v) is 1.57. The van der Waals surface area contributed by atoms with Gasteiger partial charge in [0.05, 0.1) is 12.1 Å². The van der Waals surface area contributed by atoms with Gasteiger partial charge in [-0.15, -0.1) is 0 Å². The molecule has 0 aliphatic carbocycles. The molecule has 0 aliphatic rings. The number of hydrogen-bond acceptors (Lipinski definition) is 3. The van der Waals surface area contributed by atoms with Gasteiger partial charge >= 0.3 is 0 Å². The SMILES string of the molecule is CN(CC(N)=O)C(=O)c1ccccc1OC(C)(C)C. The zero-order chi connectivity index (χ0) is 14.6. The van der Waals surface area contributed by atoms with Gasteiger partial charge in [-0.25, -0.2) is 0 Å². The van der Waals surface area contributed by atoms with Crippen LogP contribution < -0.4 is 10.5 Å². The highest BCUT2D eigenvalue weighted by atomic mass is 16.5. The maximum Gasteiger partial charge on any atom is 0.257 e. The first-order chi connectivity index (χ1) is 8.70. The molecule has 0 aromatic heterocycles. The zero-order valence-corrected chi connectivity index (χ0v) is 11.8. The van der Waals surface area contributed by atoms with Gasteiger partial charge in [-0.3, -0.25) is 9.59 Å². The Morgan fingerprint density at radius 2 is 1.84 bits per heavy atom. The van der Waals surface area contributed by atoms with Crippen molar-refractivity contribution in [1.82, 2.24) is 4.90 Å². The summed E-state index contributed by atoms with van der Waals surface area (Å²) in [6, 6.07) is 6.95. The van der Waals surface area contributed by atoms with E-state index >= 15 is 0 Å². The van der Waals surface area contributed by atoms with Gasteiger partial charge in [0.25, 0.3) is 5.91 Å². The summed E-state index contributed by atoms with van der Waals surface area (Å²) in [6.45, 7) is 5.59. The van der Waals surface area contributed by atoms with Crippen molar-refractivity contribution in [2.24, 2.45) is 5.73 Å². The van der Waals surface area contributed by atoms with E-state index in [1.54, 1.807) is 24.3 Å². The molecule has 0 radical (unpaired) electrons. The van der Waals surface area contributed by atoms with Crippen LogP contribution >= 0.6 is 0 Å². The molecule has 0 atom stereocenters. The van der Waals surface area contributed by atoms with Crippen LogP contribution in [0, 0.1) is 0 Å². The lowest BCUT2D eigenvalue weighted by atomic mass is 10.1. The van der Waals surface area contributed by atoms with Crippen molar-refractivity contribution >= 4 is 11.8 Å². The van der Waals surface area contributed by atoms with Crippen molar-refractivity contribution in [3.05, 3.63) is 29.8 Å². The van der Waals surface area contributed by atoms with E-state index in [1.165, 1.54) is 11.9 Å². The maximum absolute atomic E-state index is 12.2. The highest BCUT2D eigenvalue weighted by Crippen LogP contribution is 2.23. The molecule has 2 N–H and O–H groups in total. The summed E-state index contributed by atoms with van der Waals surface area (Å²) >= 11 is 0. The van der Waals surface area contributed by atoms with Crippen molar-refractivity contribution in [3.8, 4) is 5.75 Å². The van der Waals surface area contributed by atoms with Gasteiger partial charge in [-0.05, 0) is 32.9 Å². The van der Waals surface area contributed by atoms with Crippen LogP contribution in [0.15, 0.2) is 24.3 Å². The number of carbonyl (C=O) groups excluding carboxylic acids is 2. The van der Waals surface area contributed by atoms with E-state index < -0.39 is 11.5 Å². The minimum Gasteiger partial charge on any atom is -0.487 e. The number of rotatable bonds is 4. The fraction of sp³-hybridized carbons (Fsp3) is 0.429. The summed E-state index contributed by atoms with van der Waals surface area (Å²) < 4.78 is 5.75. The number of hydrogen-bond donors (Lipinski definition) is 1.